The number of hydrogen-bond donors (Lipinski definition) is 2. The molecular weight excluding hydrogens is 657 g/mol. The lowest BCUT2D eigenvalue weighted by atomic mass is 9.94. The first-order valence-electron chi connectivity index (χ1n) is 16.0. The molecule has 7 rings (SSSR count). The van der Waals surface area contributed by atoms with E-state index in [2.05, 4.69) is 26.6 Å². The smallest absolute Gasteiger partial charge is 0.220 e. The second-order valence-corrected chi connectivity index (χ2v) is 13.6. The number of nitrogens with one attached hydrogen (secondary N) is 2. The second-order valence-electron chi connectivity index (χ2n) is 12.5. The number of carbonyl (C=O) groups is 1. The Morgan fingerprint density at radius 3 is 2.64 bits per heavy atom. The maximum atomic E-state index is 11.5. The molecule has 0 radical (unpaired) electrons. The average molecular weight is 693 g/mol. The molecule has 0 aliphatic carbocycles. The Hall–Kier alpha value is -3.24. The van der Waals surface area contributed by atoms with E-state index in [1.165, 1.54) is 11.1 Å². The number of methoxy groups -OCH3 is 1. The number of fused-ring (bicyclic) bond motifs is 1. The zero-order chi connectivity index (χ0) is 32.5. The summed E-state index contributed by atoms with van der Waals surface area (Å²) in [7, 11) is 1.61. The van der Waals surface area contributed by atoms with Gasteiger partial charge in [-0.25, -0.2) is 4.98 Å². The van der Waals surface area contributed by atoms with Crippen molar-refractivity contribution in [3.05, 3.63) is 86.5 Å². The number of aromatic nitrogens is 2. The minimum Gasteiger partial charge on any atom is -0.481 e. The van der Waals surface area contributed by atoms with Gasteiger partial charge in [0.25, 0.3) is 0 Å². The Bertz CT molecular complexity index is 1820. The summed E-state index contributed by atoms with van der Waals surface area (Å²) in [6.45, 7) is 5.82. The highest BCUT2D eigenvalue weighted by molar-refractivity contribution is 6.39. The Kier molecular flexibility index (Phi) is 9.68. The molecule has 2 aromatic heterocycles. The molecule has 0 spiro atoms. The van der Waals surface area contributed by atoms with Crippen LogP contribution in [0.3, 0.4) is 0 Å². The van der Waals surface area contributed by atoms with Crippen LogP contribution < -0.4 is 15.4 Å². The van der Waals surface area contributed by atoms with Crippen molar-refractivity contribution in [3.63, 3.8) is 0 Å². The molecule has 0 saturated carbocycles. The Balaban J connectivity index is 1.13. The molecule has 244 valence electrons. The van der Waals surface area contributed by atoms with E-state index in [1.807, 2.05) is 42.5 Å². The second kappa shape index (κ2) is 14.1. The fourth-order valence-corrected chi connectivity index (χ4v) is 7.60. The third-order valence-electron chi connectivity index (χ3n) is 9.24. The highest BCUT2D eigenvalue weighted by Gasteiger charge is 2.27. The van der Waals surface area contributed by atoms with Crippen LogP contribution in [0.25, 0.3) is 33.6 Å². The number of pyridine rings is 2. The number of rotatable bonds is 10. The third kappa shape index (κ3) is 6.86. The quantitative estimate of drug-likeness (QED) is 0.189. The standard InChI is InChI=1S/C36H36Cl3N5O3/c1-46-36-23(15-40-16-25-6-8-32(45)42-25)5-7-31(43-36)28-4-2-3-26(33(28)38)27-9-11-41-35(34(27)39)24-13-22-10-12-44(17-21-19-47-20-21)18-29(22)30(37)14-24/h2-5,7,9,11,13-14,21,25,40H,6,8,10,12,15-20H2,1H3,(H,42,45)/t25-/m1/s1. The maximum absolute atomic E-state index is 11.5. The average Bonchev–Trinajstić information content (AvgIpc) is 3.48. The first-order valence-corrected chi connectivity index (χ1v) is 17.1. The zero-order valence-electron chi connectivity index (χ0n) is 26.1. The van der Waals surface area contributed by atoms with E-state index in [1.54, 1.807) is 13.3 Å². The molecule has 11 heteroatoms. The highest BCUT2D eigenvalue weighted by atomic mass is 35.5. The molecule has 5 heterocycles. The molecule has 3 aliphatic rings. The lowest BCUT2D eigenvalue weighted by Crippen LogP contribution is -2.41. The van der Waals surface area contributed by atoms with Gasteiger partial charge in [-0.15, -0.1) is 0 Å². The number of nitrogens with zero attached hydrogens (tertiary/aromatic N) is 3. The van der Waals surface area contributed by atoms with Gasteiger partial charge in [0.1, 0.15) is 0 Å². The van der Waals surface area contributed by atoms with Gasteiger partial charge in [-0.1, -0.05) is 59.1 Å². The predicted molar refractivity (Wildman–Crippen MR) is 186 cm³/mol. The van der Waals surface area contributed by atoms with E-state index < -0.39 is 0 Å². The van der Waals surface area contributed by atoms with Crippen molar-refractivity contribution < 1.29 is 14.3 Å². The largest absolute Gasteiger partial charge is 0.481 e. The molecule has 2 N–H and O–H groups in total. The SMILES string of the molecule is COc1nc(-c2cccc(-c3ccnc(-c4cc(Cl)c5c(c4)CCN(CC4COC4)C5)c3Cl)c2Cl)ccc1CNC[C@H]1CCC(=O)N1. The molecule has 47 heavy (non-hydrogen) atoms. The Morgan fingerprint density at radius 2 is 1.87 bits per heavy atom. The Labute approximate surface area is 289 Å². The third-order valence-corrected chi connectivity index (χ3v) is 10.4. The summed E-state index contributed by atoms with van der Waals surface area (Å²) >= 11 is 21.1. The summed E-state index contributed by atoms with van der Waals surface area (Å²) in [6.07, 6.45) is 4.10. The van der Waals surface area contributed by atoms with Gasteiger partial charge in [-0.05, 0) is 48.2 Å². The minimum atomic E-state index is 0.106. The van der Waals surface area contributed by atoms with Gasteiger partial charge in [0.2, 0.25) is 11.8 Å². The lowest BCUT2D eigenvalue weighted by molar-refractivity contribution is -0.119. The highest BCUT2D eigenvalue weighted by Crippen LogP contribution is 2.43. The van der Waals surface area contributed by atoms with Crippen molar-refractivity contribution in [2.75, 3.05) is 40.0 Å². The fraction of sp³-hybridized carbons (Fsp3) is 0.361. The van der Waals surface area contributed by atoms with Crippen LogP contribution in [0.1, 0.15) is 29.5 Å². The number of carbonyl (C=O) groups excluding carboxylic acids is 1. The molecule has 2 fully saturated rings. The van der Waals surface area contributed by atoms with Crippen LogP contribution in [0.4, 0.5) is 0 Å². The number of benzene rings is 2. The Morgan fingerprint density at radius 1 is 1.04 bits per heavy atom. The first kappa shape index (κ1) is 32.3. The van der Waals surface area contributed by atoms with E-state index >= 15 is 0 Å². The number of amides is 1. The van der Waals surface area contributed by atoms with Crippen molar-refractivity contribution in [2.45, 2.75) is 38.4 Å². The van der Waals surface area contributed by atoms with Crippen molar-refractivity contribution in [2.24, 2.45) is 5.92 Å². The van der Waals surface area contributed by atoms with Crippen molar-refractivity contribution in [1.29, 1.82) is 0 Å². The minimum absolute atomic E-state index is 0.106. The summed E-state index contributed by atoms with van der Waals surface area (Å²) in [5.74, 6) is 1.24. The topological polar surface area (TPSA) is 88.6 Å². The molecule has 2 aromatic carbocycles. The van der Waals surface area contributed by atoms with E-state index in [9.17, 15) is 4.79 Å². The van der Waals surface area contributed by atoms with Crippen molar-refractivity contribution in [1.82, 2.24) is 25.5 Å². The van der Waals surface area contributed by atoms with Gasteiger partial charge in [-0.2, -0.15) is 0 Å². The van der Waals surface area contributed by atoms with E-state index in [0.29, 0.717) is 52.7 Å². The molecule has 3 aliphatic heterocycles. The van der Waals surface area contributed by atoms with Crippen LogP contribution in [-0.2, 0) is 29.0 Å². The normalized spacial score (nSPS) is 18.1. The molecule has 0 bridgehead atoms. The molecule has 8 nitrogen and oxygen atoms in total. The molecule has 0 unspecified atom stereocenters. The predicted octanol–water partition coefficient (Wildman–Crippen LogP) is 6.82. The summed E-state index contributed by atoms with van der Waals surface area (Å²) in [6, 6.07) is 16.0. The van der Waals surface area contributed by atoms with Crippen LogP contribution in [0.2, 0.25) is 15.1 Å². The summed E-state index contributed by atoms with van der Waals surface area (Å²) in [4.78, 5) is 23.5. The molecule has 1 atom stereocenters. The van der Waals surface area contributed by atoms with Gasteiger partial charge in [0.15, 0.2) is 0 Å². The van der Waals surface area contributed by atoms with Crippen molar-refractivity contribution >= 4 is 40.7 Å². The van der Waals surface area contributed by atoms with Gasteiger partial charge in [-0.3, -0.25) is 14.7 Å². The monoisotopic (exact) mass is 691 g/mol. The van der Waals surface area contributed by atoms with Crippen LogP contribution in [0.15, 0.2) is 54.7 Å². The van der Waals surface area contributed by atoms with Gasteiger partial charge in [0, 0.05) is 90.1 Å². The number of ether oxygens (including phenoxy) is 2. The first-order chi connectivity index (χ1) is 22.9. The van der Waals surface area contributed by atoms with Crippen LogP contribution in [0.5, 0.6) is 5.88 Å². The van der Waals surface area contributed by atoms with E-state index in [0.717, 1.165) is 78.5 Å². The van der Waals surface area contributed by atoms with Gasteiger partial charge in [0.05, 0.1) is 41.8 Å². The van der Waals surface area contributed by atoms with Crippen LogP contribution in [-0.4, -0.2) is 66.8 Å². The fourth-order valence-electron chi connectivity index (χ4n) is 6.66. The van der Waals surface area contributed by atoms with Gasteiger partial charge < -0.3 is 20.1 Å². The van der Waals surface area contributed by atoms with E-state index in [-0.39, 0.29) is 11.9 Å². The van der Waals surface area contributed by atoms with E-state index in [4.69, 9.17) is 49.3 Å². The van der Waals surface area contributed by atoms with Crippen molar-refractivity contribution in [3.8, 4) is 39.5 Å². The summed E-state index contributed by atoms with van der Waals surface area (Å²) < 4.78 is 11.0. The molecule has 2 saturated heterocycles. The number of halogens is 3. The van der Waals surface area contributed by atoms with Gasteiger partial charge >= 0.3 is 0 Å². The molecule has 1 amide bonds. The van der Waals surface area contributed by atoms with Crippen LogP contribution in [0, 0.1) is 5.92 Å². The molecule has 4 aromatic rings. The zero-order valence-corrected chi connectivity index (χ0v) is 28.4. The number of hydrogen-bond acceptors (Lipinski definition) is 7. The summed E-state index contributed by atoms with van der Waals surface area (Å²) in [5.41, 5.74) is 7.89. The maximum Gasteiger partial charge on any atom is 0.220 e. The lowest BCUT2D eigenvalue weighted by Gasteiger charge is -2.35. The van der Waals surface area contributed by atoms with Crippen LogP contribution >= 0.6 is 34.8 Å². The summed E-state index contributed by atoms with van der Waals surface area (Å²) in [5, 5.41) is 8.16. The molecular formula is C36H36Cl3N5O3.